The minimum absolute atomic E-state index is 0.172. The van der Waals surface area contributed by atoms with E-state index in [0.29, 0.717) is 17.3 Å². The number of hydrogen-bond donors (Lipinski definition) is 0. The van der Waals surface area contributed by atoms with Gasteiger partial charge in [-0.25, -0.2) is 0 Å². The lowest BCUT2D eigenvalue weighted by Gasteiger charge is -2.19. The summed E-state index contributed by atoms with van der Waals surface area (Å²) in [6.45, 7) is 1.58. The molecule has 1 aliphatic rings. The summed E-state index contributed by atoms with van der Waals surface area (Å²) in [5.74, 6) is -2.56. The lowest BCUT2D eigenvalue weighted by Crippen LogP contribution is -2.05. The third-order valence-electron chi connectivity index (χ3n) is 1.68. The number of hydrogen-bond acceptors (Lipinski definition) is 2. The zero-order chi connectivity index (χ0) is 15.5. The molecule has 13 heavy (non-hydrogen) atoms. The van der Waals surface area contributed by atoms with Gasteiger partial charge in [-0.3, -0.25) is 0 Å². The highest BCUT2D eigenvalue weighted by Crippen LogP contribution is 2.37. The summed E-state index contributed by atoms with van der Waals surface area (Å²) >= 11 is 0.560. The minimum atomic E-state index is -2.80. The third-order valence-corrected chi connectivity index (χ3v) is 2.42. The van der Waals surface area contributed by atoms with E-state index in [1.54, 1.807) is 6.92 Å². The first-order chi connectivity index (χ1) is 8.99. The van der Waals surface area contributed by atoms with Crippen LogP contribution < -0.4 is 0 Å². The van der Waals surface area contributed by atoms with Crippen molar-refractivity contribution in [3.63, 3.8) is 0 Å². The summed E-state index contributed by atoms with van der Waals surface area (Å²) in [4.78, 5) is 0.181. The Balaban J connectivity index is 2.91. The van der Waals surface area contributed by atoms with Crippen LogP contribution in [0.1, 0.15) is 33.0 Å². The molecule has 0 bridgehead atoms. The van der Waals surface area contributed by atoms with E-state index in [-0.39, 0.29) is 22.5 Å². The summed E-state index contributed by atoms with van der Waals surface area (Å²) in [6.07, 6.45) is -2.80. The minimum Gasteiger partial charge on any atom is -0.198 e. The molecule has 1 aromatic carbocycles. The number of thioether (sulfide) groups is 1. The highest BCUT2D eigenvalue weighted by atomic mass is 32.2. The van der Waals surface area contributed by atoms with Crippen LogP contribution in [0, 0.1) is 18.3 Å². The second kappa shape index (κ2) is 3.43. The molecule has 1 nitrogen and oxygen atoms in total. The Morgan fingerprint density at radius 1 is 1.85 bits per heavy atom. The zero-order valence-electron chi connectivity index (χ0n) is 13.9. The predicted molar refractivity (Wildman–Crippen MR) is 54.9 cm³/mol. The Labute approximate surface area is 92.6 Å². The average Bonchev–Trinajstić information content (AvgIpc) is 2.33. The predicted octanol–water partition coefficient (Wildman–Crippen LogP) is 3.10. The normalized spacial score (nSPS) is 41.7. The van der Waals surface area contributed by atoms with Gasteiger partial charge in [-0.05, 0) is 36.2 Å². The van der Waals surface area contributed by atoms with Gasteiger partial charge in [-0.1, -0.05) is 12.1 Å². The summed E-state index contributed by atoms with van der Waals surface area (Å²) < 4.78 is 55.1. The number of fused-ring (bicyclic) bond motifs is 1. The number of nitrogens with zero attached hydrogens (tertiary/aromatic N) is 1. The van der Waals surface area contributed by atoms with Gasteiger partial charge < -0.3 is 0 Å². The summed E-state index contributed by atoms with van der Waals surface area (Å²) in [5, 5.41) is 9.25. The Bertz CT molecular complexity index is 637. The van der Waals surface area contributed by atoms with Crippen LogP contribution in [-0.2, 0) is 0 Å². The molecule has 1 aromatic rings. The molecule has 66 valence electrons. The molecule has 1 heterocycles. The Morgan fingerprint density at radius 3 is 3.46 bits per heavy atom. The maximum Gasteiger partial charge on any atom is 0.0731 e. The van der Waals surface area contributed by atoms with Crippen molar-refractivity contribution in [2.45, 2.75) is 24.1 Å². The van der Waals surface area contributed by atoms with Gasteiger partial charge in [0.15, 0.2) is 0 Å². The van der Waals surface area contributed by atoms with Crippen LogP contribution in [0.5, 0.6) is 0 Å². The first kappa shape index (κ1) is 3.67. The monoisotopic (exact) mass is 196 g/mol. The average molecular weight is 196 g/mol. The van der Waals surface area contributed by atoms with Crippen LogP contribution >= 0.6 is 11.8 Å². The van der Waals surface area contributed by atoms with Crippen molar-refractivity contribution >= 4 is 11.8 Å². The molecule has 0 aliphatic carbocycles. The molecular weight excluding hydrogens is 178 g/mol. The maximum atomic E-state index is 9.25. The van der Waals surface area contributed by atoms with E-state index in [1.165, 1.54) is 12.1 Å². The molecule has 0 amide bonds. The van der Waals surface area contributed by atoms with Crippen molar-refractivity contribution in [3.05, 3.63) is 29.3 Å². The number of aryl methyl sites for hydroxylation is 1. The van der Waals surface area contributed by atoms with Gasteiger partial charge in [0.2, 0.25) is 0 Å². The van der Waals surface area contributed by atoms with Gasteiger partial charge in [0.1, 0.15) is 0 Å². The molecule has 1 atom stereocenters. The zero-order valence-corrected chi connectivity index (χ0v) is 7.75. The van der Waals surface area contributed by atoms with Crippen molar-refractivity contribution in [3.8, 4) is 6.07 Å². The molecular formula is C11H11NS. The first-order valence-corrected chi connectivity index (χ1v) is 4.53. The molecule has 0 saturated heterocycles. The van der Waals surface area contributed by atoms with Crippen LogP contribution in [0.4, 0.5) is 0 Å². The number of nitriles is 1. The largest absolute Gasteiger partial charge is 0.198 e. The quantitative estimate of drug-likeness (QED) is 0.636. The highest BCUT2D eigenvalue weighted by Gasteiger charge is 2.19. The fourth-order valence-electron chi connectivity index (χ4n) is 1.07. The van der Waals surface area contributed by atoms with E-state index >= 15 is 0 Å². The van der Waals surface area contributed by atoms with Gasteiger partial charge in [0.05, 0.1) is 16.1 Å². The first-order valence-electron chi connectivity index (χ1n) is 7.21. The molecule has 0 aromatic heterocycles. The van der Waals surface area contributed by atoms with E-state index < -0.39 is 18.0 Å². The van der Waals surface area contributed by atoms with Crippen LogP contribution in [0.15, 0.2) is 23.0 Å². The molecule has 0 fully saturated rings. The van der Waals surface area contributed by atoms with E-state index in [2.05, 4.69) is 0 Å². The molecule has 2 rings (SSSR count). The standard InChI is InChI=1S/C11H11NS/c1-8-2-3-10-9(7-12)4-5-13-11(10)6-8/h2-3,6,9H,4-5H2,1H3/i2D,3D,4D2,5D2,9D. The van der Waals surface area contributed by atoms with Crippen LogP contribution in [0.3, 0.4) is 0 Å². The van der Waals surface area contributed by atoms with E-state index in [1.807, 2.05) is 0 Å². The molecule has 0 spiro atoms. The number of rotatable bonds is 0. The fourth-order valence-corrected chi connectivity index (χ4v) is 1.83. The lowest BCUT2D eigenvalue weighted by molar-refractivity contribution is 0.792. The van der Waals surface area contributed by atoms with Gasteiger partial charge in [-0.15, -0.1) is 11.8 Å². The molecule has 0 radical (unpaired) electrons. The molecule has 0 N–H and O–H groups in total. The van der Waals surface area contributed by atoms with Crippen LogP contribution in [0.25, 0.3) is 0 Å². The van der Waals surface area contributed by atoms with Crippen molar-refractivity contribution in [1.29, 1.82) is 5.26 Å². The molecule has 1 aliphatic heterocycles. The van der Waals surface area contributed by atoms with E-state index in [9.17, 15) is 5.26 Å². The van der Waals surface area contributed by atoms with Gasteiger partial charge in [-0.2, -0.15) is 5.26 Å². The molecule has 1 unspecified atom stereocenters. The fraction of sp³-hybridized carbons (Fsp3) is 0.364. The summed E-state index contributed by atoms with van der Waals surface area (Å²) in [7, 11) is 0. The highest BCUT2D eigenvalue weighted by molar-refractivity contribution is 7.99. The van der Waals surface area contributed by atoms with Crippen molar-refractivity contribution < 1.29 is 9.60 Å². The Kier molecular flexibility index (Phi) is 0.968. The van der Waals surface area contributed by atoms with Gasteiger partial charge in [0.25, 0.3) is 0 Å². The van der Waals surface area contributed by atoms with Crippen molar-refractivity contribution in [1.82, 2.24) is 0 Å². The SMILES string of the molecule is [2H]c1c(C)cc2c(c1[2H])C([2H])(C#N)C([2H])([2H])C([2H])([2H])S2. The molecule has 2 heteroatoms. The van der Waals surface area contributed by atoms with Crippen LogP contribution in [-0.4, -0.2) is 5.70 Å². The Hall–Kier alpha value is -0.940. The van der Waals surface area contributed by atoms with E-state index in [0.717, 1.165) is 0 Å². The summed E-state index contributed by atoms with van der Waals surface area (Å²) in [6, 6.07) is 2.39. The van der Waals surface area contributed by atoms with Crippen LogP contribution in [0.2, 0.25) is 0 Å². The third kappa shape index (κ3) is 1.57. The Morgan fingerprint density at radius 2 is 2.69 bits per heavy atom. The smallest absolute Gasteiger partial charge is 0.0731 e. The molecule has 0 saturated carbocycles. The second-order valence-corrected chi connectivity index (χ2v) is 3.48. The summed E-state index contributed by atoms with van der Waals surface area (Å²) in [5.41, 5.74) is -2.26. The topological polar surface area (TPSA) is 23.8 Å². The second-order valence-electron chi connectivity index (χ2n) is 2.63. The van der Waals surface area contributed by atoms with Crippen molar-refractivity contribution in [2.75, 3.05) is 5.70 Å². The van der Waals surface area contributed by atoms with Gasteiger partial charge in [0, 0.05) is 10.4 Å². The van der Waals surface area contributed by atoms with Gasteiger partial charge >= 0.3 is 0 Å². The van der Waals surface area contributed by atoms with Crippen molar-refractivity contribution in [2.24, 2.45) is 0 Å². The lowest BCUT2D eigenvalue weighted by atomic mass is 9.96. The maximum absolute atomic E-state index is 9.25. The van der Waals surface area contributed by atoms with E-state index in [4.69, 9.17) is 9.60 Å². The number of benzene rings is 1.